The molecule has 5 atom stereocenters. The van der Waals surface area contributed by atoms with Crippen LogP contribution in [0, 0.1) is 0 Å². The maximum Gasteiger partial charge on any atom is 0.402 e. The molecule has 1 fully saturated rings. The summed E-state index contributed by atoms with van der Waals surface area (Å²) in [6.07, 6.45) is -7.62. The van der Waals surface area contributed by atoms with Gasteiger partial charge in [0, 0.05) is 18.2 Å². The van der Waals surface area contributed by atoms with Crippen LogP contribution in [0.15, 0.2) is 40.8 Å². The van der Waals surface area contributed by atoms with E-state index in [2.05, 4.69) is 0 Å². The van der Waals surface area contributed by atoms with Crippen LogP contribution in [0.1, 0.15) is 0 Å². The zero-order valence-corrected chi connectivity index (χ0v) is 17.3. The Balaban J connectivity index is 1.86. The summed E-state index contributed by atoms with van der Waals surface area (Å²) >= 11 is 0. The summed E-state index contributed by atoms with van der Waals surface area (Å²) in [7, 11) is 1.39. The minimum Gasteiger partial charge on any atom is -0.507 e. The highest BCUT2D eigenvalue weighted by molar-refractivity contribution is 5.89. The van der Waals surface area contributed by atoms with Crippen LogP contribution in [0.4, 0.5) is 0 Å². The predicted octanol–water partition coefficient (Wildman–Crippen LogP) is 0.685. The Labute approximate surface area is 186 Å². The number of ether oxygens (including phenoxy) is 3. The molecule has 1 aliphatic heterocycles. The third kappa shape index (κ3) is 4.19. The van der Waals surface area contributed by atoms with Crippen LogP contribution >= 0.6 is 0 Å². The predicted molar refractivity (Wildman–Crippen MR) is 112 cm³/mol. The lowest BCUT2D eigenvalue weighted by atomic mass is 9.99. The van der Waals surface area contributed by atoms with Crippen molar-refractivity contribution in [2.75, 3.05) is 13.7 Å². The molecule has 0 radical (unpaired) electrons. The lowest BCUT2D eigenvalue weighted by molar-refractivity contribution is -0.277. The Hall–Kier alpha value is -3.35. The van der Waals surface area contributed by atoms with E-state index in [-0.39, 0.29) is 39.9 Å². The van der Waals surface area contributed by atoms with Gasteiger partial charge in [-0.15, -0.1) is 0 Å². The summed E-state index contributed by atoms with van der Waals surface area (Å²) in [5.74, 6) is -0.702. The molecule has 0 saturated carbocycles. The first-order valence-electron chi connectivity index (χ1n) is 9.91. The van der Waals surface area contributed by atoms with Crippen LogP contribution in [0.25, 0.3) is 22.3 Å². The number of phenols is 3. The zero-order valence-electron chi connectivity index (χ0n) is 17.3. The summed E-state index contributed by atoms with van der Waals surface area (Å²) in [6, 6.07) is 8.02. The molecule has 0 amide bonds. The summed E-state index contributed by atoms with van der Waals surface area (Å²) in [6.45, 7) is -0.640. The molecule has 1 aliphatic rings. The van der Waals surface area contributed by atoms with Crippen LogP contribution in [-0.4, -0.2) is 80.2 Å². The maximum atomic E-state index is 10.4. The fraction of sp³-hybridized carbons (Fsp3) is 0.318. The molecular formula is C22H23O11+. The summed E-state index contributed by atoms with van der Waals surface area (Å²) in [5, 5.41) is 69.8. The van der Waals surface area contributed by atoms with Gasteiger partial charge in [0.1, 0.15) is 41.3 Å². The van der Waals surface area contributed by atoms with Gasteiger partial charge in [-0.05, 0) is 12.1 Å². The van der Waals surface area contributed by atoms with E-state index in [0.717, 1.165) is 0 Å². The van der Waals surface area contributed by atoms with Crippen LogP contribution in [0.5, 0.6) is 28.7 Å². The second-order valence-corrected chi connectivity index (χ2v) is 7.52. The Morgan fingerprint density at radius 1 is 0.909 bits per heavy atom. The fourth-order valence-corrected chi connectivity index (χ4v) is 3.58. The van der Waals surface area contributed by atoms with E-state index in [4.69, 9.17) is 18.6 Å². The number of hydrogen-bond acceptors (Lipinski definition) is 10. The quantitative estimate of drug-likeness (QED) is 0.209. The second-order valence-electron chi connectivity index (χ2n) is 7.52. The smallest absolute Gasteiger partial charge is 0.402 e. The van der Waals surface area contributed by atoms with Gasteiger partial charge in [0.25, 0.3) is 0 Å². The SMILES string of the molecule is COc1cc(O)cc2[o+]c(-c3ccc(O)c(O)c3)c(OC3OC(CO)C(O)C(O)C3O)cc12. The van der Waals surface area contributed by atoms with E-state index < -0.39 is 43.1 Å². The topological polar surface area (TPSA) is 181 Å². The van der Waals surface area contributed by atoms with Crippen LogP contribution < -0.4 is 9.47 Å². The number of methoxy groups -OCH3 is 1. The first-order valence-corrected chi connectivity index (χ1v) is 9.91. The molecule has 176 valence electrons. The fourth-order valence-electron chi connectivity index (χ4n) is 3.58. The molecule has 0 aliphatic carbocycles. The average Bonchev–Trinajstić information content (AvgIpc) is 2.80. The van der Waals surface area contributed by atoms with Gasteiger partial charge in [-0.1, -0.05) is 0 Å². The van der Waals surface area contributed by atoms with Crippen molar-refractivity contribution in [3.05, 3.63) is 36.4 Å². The minimum absolute atomic E-state index is 0.0161. The number of aliphatic hydroxyl groups excluding tert-OH is 4. The van der Waals surface area contributed by atoms with E-state index in [0.29, 0.717) is 5.39 Å². The van der Waals surface area contributed by atoms with Crippen molar-refractivity contribution in [2.24, 2.45) is 0 Å². The molecule has 11 heteroatoms. The number of fused-ring (bicyclic) bond motifs is 1. The summed E-state index contributed by atoms with van der Waals surface area (Å²) in [5.41, 5.74) is 0.449. The average molecular weight is 463 g/mol. The highest BCUT2D eigenvalue weighted by Crippen LogP contribution is 2.42. The van der Waals surface area contributed by atoms with E-state index >= 15 is 0 Å². The molecule has 1 aromatic heterocycles. The van der Waals surface area contributed by atoms with Crippen molar-refractivity contribution in [3.8, 4) is 40.1 Å². The monoisotopic (exact) mass is 463 g/mol. The molecule has 4 rings (SSSR count). The van der Waals surface area contributed by atoms with Crippen LogP contribution in [0.3, 0.4) is 0 Å². The standard InChI is InChI=1S/C22H22O11/c1-30-14-5-10(24)6-15-11(14)7-16(21(31-15)9-2-3-12(25)13(26)4-9)32-22-20(29)19(28)18(27)17(8-23)33-22/h2-7,17-20,22-23,27-29H,8H2,1H3,(H2-,24,25,26)/p+1. The minimum atomic E-state index is -1.68. The molecular weight excluding hydrogens is 440 g/mol. The van der Waals surface area contributed by atoms with Gasteiger partial charge in [0.15, 0.2) is 11.5 Å². The molecule has 2 aromatic carbocycles. The molecule has 1 saturated heterocycles. The van der Waals surface area contributed by atoms with Gasteiger partial charge in [-0.2, -0.15) is 0 Å². The molecule has 11 nitrogen and oxygen atoms in total. The van der Waals surface area contributed by atoms with E-state index in [1.165, 1.54) is 43.5 Å². The molecule has 33 heavy (non-hydrogen) atoms. The summed E-state index contributed by atoms with van der Waals surface area (Å²) in [4.78, 5) is 0. The van der Waals surface area contributed by atoms with Gasteiger partial charge >= 0.3 is 11.3 Å². The van der Waals surface area contributed by atoms with Gasteiger partial charge < -0.3 is 50.0 Å². The van der Waals surface area contributed by atoms with Crippen molar-refractivity contribution in [2.45, 2.75) is 30.7 Å². The molecule has 2 heterocycles. The summed E-state index contributed by atoms with van der Waals surface area (Å²) < 4.78 is 22.4. The molecule has 7 N–H and O–H groups in total. The first-order chi connectivity index (χ1) is 15.7. The van der Waals surface area contributed by atoms with Crippen molar-refractivity contribution >= 4 is 11.0 Å². The van der Waals surface area contributed by atoms with Crippen molar-refractivity contribution < 1.29 is 54.4 Å². The number of aliphatic hydroxyl groups is 4. The number of benzene rings is 2. The number of rotatable bonds is 5. The zero-order chi connectivity index (χ0) is 23.9. The largest absolute Gasteiger partial charge is 0.507 e. The molecule has 5 unspecified atom stereocenters. The van der Waals surface area contributed by atoms with E-state index in [1.54, 1.807) is 0 Å². The number of aromatic hydroxyl groups is 3. The van der Waals surface area contributed by atoms with E-state index in [9.17, 15) is 35.7 Å². The Bertz CT molecular complexity index is 1160. The number of hydrogen-bond donors (Lipinski definition) is 7. The normalized spacial score (nSPS) is 25.2. The number of phenolic OH excluding ortho intramolecular Hbond substituents is 3. The molecule has 3 aromatic rings. The lowest BCUT2D eigenvalue weighted by Crippen LogP contribution is -2.60. The third-order valence-corrected chi connectivity index (χ3v) is 5.35. The molecule has 0 spiro atoms. The Kier molecular flexibility index (Phi) is 6.15. The van der Waals surface area contributed by atoms with Gasteiger partial charge in [-0.3, -0.25) is 0 Å². The van der Waals surface area contributed by atoms with Gasteiger partial charge in [-0.25, -0.2) is 4.42 Å². The van der Waals surface area contributed by atoms with Gasteiger partial charge in [0.05, 0.1) is 25.3 Å². The Morgan fingerprint density at radius 3 is 2.33 bits per heavy atom. The second kappa shape index (κ2) is 8.89. The molecule has 0 bridgehead atoms. The third-order valence-electron chi connectivity index (χ3n) is 5.35. The van der Waals surface area contributed by atoms with Crippen molar-refractivity contribution in [1.82, 2.24) is 0 Å². The van der Waals surface area contributed by atoms with Crippen LogP contribution in [-0.2, 0) is 4.74 Å². The lowest BCUT2D eigenvalue weighted by Gasteiger charge is -2.39. The van der Waals surface area contributed by atoms with Crippen molar-refractivity contribution in [3.63, 3.8) is 0 Å². The first kappa shape index (κ1) is 22.8. The van der Waals surface area contributed by atoms with Crippen LogP contribution in [0.2, 0.25) is 0 Å². The highest BCUT2D eigenvalue weighted by atomic mass is 16.7. The van der Waals surface area contributed by atoms with E-state index in [1.807, 2.05) is 0 Å². The Morgan fingerprint density at radius 2 is 1.67 bits per heavy atom. The van der Waals surface area contributed by atoms with Gasteiger partial charge in [0.2, 0.25) is 12.0 Å². The highest BCUT2D eigenvalue weighted by Gasteiger charge is 2.45. The maximum absolute atomic E-state index is 10.4. The van der Waals surface area contributed by atoms with Crippen molar-refractivity contribution in [1.29, 1.82) is 0 Å².